The van der Waals surface area contributed by atoms with E-state index in [9.17, 15) is 18.0 Å². The predicted octanol–water partition coefficient (Wildman–Crippen LogP) is 0.0334. The highest BCUT2D eigenvalue weighted by Gasteiger charge is 2.30. The van der Waals surface area contributed by atoms with Crippen molar-refractivity contribution in [1.29, 1.82) is 0 Å². The molecule has 2 saturated heterocycles. The van der Waals surface area contributed by atoms with Crippen molar-refractivity contribution in [2.45, 2.75) is 30.8 Å². The molecule has 24 heavy (non-hydrogen) atoms. The molecule has 0 N–H and O–H groups in total. The summed E-state index contributed by atoms with van der Waals surface area (Å²) in [7, 11) is -1.09. The third kappa shape index (κ3) is 3.80. The van der Waals surface area contributed by atoms with Crippen LogP contribution in [0, 0.1) is 5.92 Å². The van der Waals surface area contributed by atoms with Gasteiger partial charge in [-0.2, -0.15) is 0 Å². The summed E-state index contributed by atoms with van der Waals surface area (Å²) in [5, 5.41) is 8.81. The molecule has 10 heteroatoms. The van der Waals surface area contributed by atoms with Crippen molar-refractivity contribution in [3.63, 3.8) is 0 Å². The summed E-state index contributed by atoms with van der Waals surface area (Å²) in [6, 6.07) is 0. The lowest BCUT2D eigenvalue weighted by Crippen LogP contribution is -2.33. The highest BCUT2D eigenvalue weighted by molar-refractivity contribution is 7.99. The number of hydrogen-bond donors (Lipinski definition) is 0. The molecule has 2 amide bonds. The van der Waals surface area contributed by atoms with Gasteiger partial charge in [0.25, 0.3) is 0 Å². The fourth-order valence-electron chi connectivity index (χ4n) is 3.06. The van der Waals surface area contributed by atoms with Crippen molar-refractivity contribution in [3.8, 4) is 0 Å². The molecule has 132 valence electrons. The number of sulfone groups is 1. The number of amides is 2. The normalized spacial score (nSPS) is 23.1. The second kappa shape index (κ2) is 6.83. The first kappa shape index (κ1) is 17.4. The topological polar surface area (TPSA) is 102 Å². The van der Waals surface area contributed by atoms with Gasteiger partial charge in [-0.1, -0.05) is 11.8 Å². The minimum atomic E-state index is -2.90. The number of thioether (sulfide) groups is 1. The molecule has 0 saturated carbocycles. The van der Waals surface area contributed by atoms with Gasteiger partial charge in [0.2, 0.25) is 11.8 Å². The fraction of sp³-hybridized carbons (Fsp3) is 0.714. The van der Waals surface area contributed by atoms with Gasteiger partial charge in [0.1, 0.15) is 5.82 Å². The second-order valence-corrected chi connectivity index (χ2v) is 9.43. The summed E-state index contributed by atoms with van der Waals surface area (Å²) in [5.74, 6) is 1.10. The minimum Gasteiger partial charge on any atom is -0.309 e. The lowest BCUT2D eigenvalue weighted by molar-refractivity contribution is -0.140. The Morgan fingerprint density at radius 3 is 2.79 bits per heavy atom. The van der Waals surface area contributed by atoms with Crippen molar-refractivity contribution in [2.24, 2.45) is 13.0 Å². The molecule has 1 aromatic heterocycles. The molecule has 1 aromatic rings. The van der Waals surface area contributed by atoms with Crippen LogP contribution in [0.1, 0.15) is 25.1 Å². The lowest BCUT2D eigenvalue weighted by atomic mass is 10.1. The molecular formula is C14H20N4O4S2. The molecule has 0 unspecified atom stereocenters. The van der Waals surface area contributed by atoms with E-state index < -0.39 is 9.84 Å². The molecule has 0 aliphatic carbocycles. The van der Waals surface area contributed by atoms with E-state index in [2.05, 4.69) is 10.2 Å². The molecule has 0 spiro atoms. The highest BCUT2D eigenvalue weighted by Crippen LogP contribution is 2.24. The fourth-order valence-corrected chi connectivity index (χ4v) is 5.72. The van der Waals surface area contributed by atoms with Crippen LogP contribution in [-0.4, -0.2) is 63.7 Å². The minimum absolute atomic E-state index is 0.0830. The maximum atomic E-state index is 12.1. The third-order valence-corrected chi connectivity index (χ3v) is 7.26. The predicted molar refractivity (Wildman–Crippen MR) is 88.1 cm³/mol. The van der Waals surface area contributed by atoms with Crippen LogP contribution < -0.4 is 0 Å². The van der Waals surface area contributed by atoms with Gasteiger partial charge in [-0.25, -0.2) is 8.42 Å². The van der Waals surface area contributed by atoms with Crippen LogP contribution in [0.4, 0.5) is 0 Å². The van der Waals surface area contributed by atoms with Crippen LogP contribution in [0.15, 0.2) is 5.16 Å². The molecule has 3 heterocycles. The molecule has 2 aliphatic heterocycles. The zero-order valence-corrected chi connectivity index (χ0v) is 15.1. The first-order valence-electron chi connectivity index (χ1n) is 7.90. The quantitative estimate of drug-likeness (QED) is 0.672. The monoisotopic (exact) mass is 372 g/mol. The smallest absolute Gasteiger partial charge is 0.239 e. The van der Waals surface area contributed by atoms with Gasteiger partial charge in [0.05, 0.1) is 17.3 Å². The van der Waals surface area contributed by atoms with Gasteiger partial charge in [0, 0.05) is 26.4 Å². The standard InChI is InChI=1S/C14H20N4O4S2/c1-17-11(7-10-4-6-24(21,22)9-10)15-16-14(17)23-8-13(20)18-5-2-3-12(18)19/h10H,2-9H2,1H3/t10-/m0/s1. The van der Waals surface area contributed by atoms with Crippen molar-refractivity contribution in [2.75, 3.05) is 23.8 Å². The number of likely N-dealkylation sites (tertiary alicyclic amines) is 1. The third-order valence-electron chi connectivity index (χ3n) is 4.42. The summed E-state index contributed by atoms with van der Waals surface area (Å²) in [4.78, 5) is 24.9. The van der Waals surface area contributed by atoms with Crippen molar-refractivity contribution in [3.05, 3.63) is 5.82 Å². The average Bonchev–Trinajstić information content (AvgIpc) is 3.19. The maximum Gasteiger partial charge on any atom is 0.239 e. The number of hydrogen-bond acceptors (Lipinski definition) is 7. The molecule has 0 aromatic carbocycles. The summed E-state index contributed by atoms with van der Waals surface area (Å²) >= 11 is 1.25. The molecule has 8 nitrogen and oxygen atoms in total. The molecule has 2 fully saturated rings. The van der Waals surface area contributed by atoms with Gasteiger partial charge in [0.15, 0.2) is 15.0 Å². The second-order valence-electron chi connectivity index (χ2n) is 6.26. The zero-order chi connectivity index (χ0) is 17.3. The SMILES string of the molecule is Cn1c(C[C@@H]2CCS(=O)(=O)C2)nnc1SCC(=O)N1CCCC1=O. The van der Waals surface area contributed by atoms with Crippen LogP contribution in [-0.2, 0) is 32.9 Å². The van der Waals surface area contributed by atoms with E-state index >= 15 is 0 Å². The van der Waals surface area contributed by atoms with Gasteiger partial charge < -0.3 is 4.57 Å². The van der Waals surface area contributed by atoms with E-state index in [1.54, 1.807) is 4.57 Å². The van der Waals surface area contributed by atoms with Crippen LogP contribution in [0.3, 0.4) is 0 Å². The number of imide groups is 1. The van der Waals surface area contributed by atoms with Crippen LogP contribution in [0.25, 0.3) is 0 Å². The first-order chi connectivity index (χ1) is 11.4. The maximum absolute atomic E-state index is 12.1. The first-order valence-corrected chi connectivity index (χ1v) is 10.7. The van der Waals surface area contributed by atoms with Gasteiger partial charge >= 0.3 is 0 Å². The zero-order valence-electron chi connectivity index (χ0n) is 13.5. The Labute approximate surface area is 144 Å². The number of carbonyl (C=O) groups excluding carboxylic acids is 2. The van der Waals surface area contributed by atoms with E-state index in [1.807, 2.05) is 7.05 Å². The van der Waals surface area contributed by atoms with Gasteiger partial charge in [-0.15, -0.1) is 10.2 Å². The molecular weight excluding hydrogens is 352 g/mol. The molecule has 0 bridgehead atoms. The summed E-state index contributed by atoms with van der Waals surface area (Å²) in [6.07, 6.45) is 2.40. The number of rotatable bonds is 5. The van der Waals surface area contributed by atoms with Gasteiger partial charge in [-0.3, -0.25) is 14.5 Å². The van der Waals surface area contributed by atoms with Gasteiger partial charge in [-0.05, 0) is 18.8 Å². The Balaban J connectivity index is 1.57. The van der Waals surface area contributed by atoms with E-state index in [-0.39, 0.29) is 35.0 Å². The Morgan fingerprint density at radius 2 is 2.17 bits per heavy atom. The van der Waals surface area contributed by atoms with Crippen molar-refractivity contribution >= 4 is 33.4 Å². The van der Waals surface area contributed by atoms with E-state index in [4.69, 9.17) is 0 Å². The number of carbonyl (C=O) groups is 2. The average molecular weight is 372 g/mol. The molecule has 0 radical (unpaired) electrons. The molecule has 3 rings (SSSR count). The van der Waals surface area contributed by atoms with E-state index in [1.165, 1.54) is 16.7 Å². The lowest BCUT2D eigenvalue weighted by Gasteiger charge is -2.12. The van der Waals surface area contributed by atoms with E-state index in [0.717, 1.165) is 12.2 Å². The Kier molecular flexibility index (Phi) is 4.95. The van der Waals surface area contributed by atoms with Crippen LogP contribution in [0.2, 0.25) is 0 Å². The highest BCUT2D eigenvalue weighted by atomic mass is 32.2. The summed E-state index contributed by atoms with van der Waals surface area (Å²) in [6.45, 7) is 0.498. The Morgan fingerprint density at radius 1 is 1.38 bits per heavy atom. The number of nitrogens with zero attached hydrogens (tertiary/aromatic N) is 4. The Bertz CT molecular complexity index is 759. The molecule has 1 atom stereocenters. The van der Waals surface area contributed by atoms with Crippen molar-refractivity contribution < 1.29 is 18.0 Å². The number of aromatic nitrogens is 3. The van der Waals surface area contributed by atoms with E-state index in [0.29, 0.717) is 31.0 Å². The largest absolute Gasteiger partial charge is 0.309 e. The molecule has 2 aliphatic rings. The Hall–Kier alpha value is -1.42. The summed E-state index contributed by atoms with van der Waals surface area (Å²) in [5.41, 5.74) is 0. The van der Waals surface area contributed by atoms with Crippen LogP contribution >= 0.6 is 11.8 Å². The van der Waals surface area contributed by atoms with Crippen molar-refractivity contribution in [1.82, 2.24) is 19.7 Å². The summed E-state index contributed by atoms with van der Waals surface area (Å²) < 4.78 is 24.9. The van der Waals surface area contributed by atoms with Crippen LogP contribution in [0.5, 0.6) is 0 Å².